The Morgan fingerprint density at radius 1 is 0.797 bits per heavy atom. The zero-order chi connectivity index (χ0) is 53.8. The van der Waals surface area contributed by atoms with Crippen LogP contribution in [0, 0.1) is 5.92 Å². The molecule has 0 bridgehead atoms. The van der Waals surface area contributed by atoms with Crippen molar-refractivity contribution in [2.24, 2.45) is 13.0 Å². The third-order valence-electron chi connectivity index (χ3n) is 11.5. The molecule has 0 spiro atoms. The predicted octanol–water partition coefficient (Wildman–Crippen LogP) is -3.86. The van der Waals surface area contributed by atoms with Gasteiger partial charge >= 0.3 is 41.5 Å². The van der Waals surface area contributed by atoms with Crippen LogP contribution in [0.4, 0.5) is 11.8 Å². The second-order valence-electron chi connectivity index (χ2n) is 16.3. The van der Waals surface area contributed by atoms with Gasteiger partial charge in [-0.15, -0.1) is 0 Å². The minimum absolute atomic E-state index is 0.00601. The molecule has 3 aliphatic heterocycles. The van der Waals surface area contributed by atoms with Crippen LogP contribution in [0.5, 0.6) is 0 Å². The molecule has 0 amide bonds. The molecule has 16 atom stereocenters. The van der Waals surface area contributed by atoms with Gasteiger partial charge < -0.3 is 70.0 Å². The number of aliphatic hydroxyl groups excluding tert-OH is 3. The Balaban J connectivity index is 0.939. The van der Waals surface area contributed by atoms with Gasteiger partial charge in [-0.2, -0.15) is 0 Å². The molecule has 0 aliphatic carbocycles. The highest BCUT2D eigenvalue weighted by Gasteiger charge is 2.53. The summed E-state index contributed by atoms with van der Waals surface area (Å²) in [5.74, 6) is -1.30. The van der Waals surface area contributed by atoms with Crippen molar-refractivity contribution in [1.82, 2.24) is 43.6 Å². The van der Waals surface area contributed by atoms with Gasteiger partial charge in [-0.05, 0) is 11.8 Å². The van der Waals surface area contributed by atoms with Crippen molar-refractivity contribution in [1.29, 1.82) is 0 Å². The molecule has 408 valence electrons. The molecule has 0 radical (unpaired) electrons. The maximum atomic E-state index is 13.6. The Labute approximate surface area is 417 Å². The molecule has 3 saturated heterocycles. The van der Waals surface area contributed by atoms with Crippen molar-refractivity contribution in [3.8, 4) is 0 Å². The van der Waals surface area contributed by atoms with E-state index in [1.807, 2.05) is 4.98 Å². The van der Waals surface area contributed by atoms with Crippen molar-refractivity contribution < 1.29 is 104 Å². The number of imidazole rings is 2. The number of aromatic nitrogens is 10. The second-order valence-corrected chi connectivity index (χ2v) is 23.8. The van der Waals surface area contributed by atoms with Crippen molar-refractivity contribution in [2.75, 3.05) is 52.1 Å². The van der Waals surface area contributed by atoms with Crippen LogP contribution in [0.15, 0.2) is 45.6 Å². The van der Waals surface area contributed by atoms with E-state index in [0.717, 1.165) is 30.3 Å². The van der Waals surface area contributed by atoms with Gasteiger partial charge in [0, 0.05) is 32.4 Å². The molecule has 0 aromatic carbocycles. The monoisotopic (exact) mass is 1150 g/mol. The molecular weight excluding hydrogens is 1100 g/mol. The van der Waals surface area contributed by atoms with Crippen LogP contribution in [-0.2, 0) is 83.0 Å². The van der Waals surface area contributed by atoms with Gasteiger partial charge in [0.15, 0.2) is 30.2 Å². The summed E-state index contributed by atoms with van der Waals surface area (Å²) in [7, 11) is -12.8. The molecular formula is C33H47N12O24P4S+. The lowest BCUT2D eigenvalue weighted by atomic mass is 9.99. The summed E-state index contributed by atoms with van der Waals surface area (Å²) in [6.45, 7) is -8.58. The van der Waals surface area contributed by atoms with Crippen molar-refractivity contribution in [2.45, 2.75) is 67.5 Å². The van der Waals surface area contributed by atoms with Gasteiger partial charge in [0.1, 0.15) is 54.6 Å². The first kappa shape index (κ1) is 56.0. The van der Waals surface area contributed by atoms with Crippen LogP contribution >= 0.6 is 30.2 Å². The summed E-state index contributed by atoms with van der Waals surface area (Å²) >= 11 is 4.75. The van der Waals surface area contributed by atoms with Crippen molar-refractivity contribution in [3.63, 3.8) is 0 Å². The topological polar surface area (TPSA) is 499 Å². The molecule has 13 N–H and O–H groups in total. The number of anilines is 2. The molecule has 8 rings (SSSR count). The highest BCUT2D eigenvalue weighted by molar-refractivity contribution is 8.09. The van der Waals surface area contributed by atoms with E-state index in [4.69, 9.17) is 65.1 Å². The Bertz CT molecular complexity index is 3270. The van der Waals surface area contributed by atoms with E-state index >= 15 is 0 Å². The number of aromatic amines is 2. The first-order valence-corrected chi connectivity index (χ1v) is 28.2. The smallest absolute Gasteiger partial charge is 0.387 e. The van der Waals surface area contributed by atoms with E-state index in [-0.39, 0.29) is 40.7 Å². The minimum Gasteiger partial charge on any atom is -0.387 e. The quantitative estimate of drug-likeness (QED) is 0.0247. The van der Waals surface area contributed by atoms with Gasteiger partial charge in [-0.3, -0.25) is 51.4 Å². The number of nitrogens with one attached hydrogen (secondary N) is 2. The first-order valence-electron chi connectivity index (χ1n) is 21.1. The van der Waals surface area contributed by atoms with E-state index in [2.05, 4.69) is 33.5 Å². The third kappa shape index (κ3) is 11.8. The standard InChI is InChI=1S/C33H46N12O24P4S/c1-42-12-45(27-19(42)28(50)41-32(35)40-27)29-20(47)13(6-59-2)14(64-29)7-62-71(54,55)68-73(58,74)69-72(56,57)63-9-16-23(24(60-3)31(66-16)44-11-38-18-25(34)36-10-37-26(18)44)67-70(52,53)61-8-15-21(48)22(49)30(65-15)43-5-4-17(46)39-33(43)51/h4-5,10-16,20-24,29-31,47-49H,6-9H2,1-3H3,(H9-,34,35,36,37,39,40,41,46,50,51,52,53,54,55,56,57,58,74)/p+1/t13-,14-,15-,16?,20-,21-,22-,23-,24-,29-,30-,31-,73?/m1/s1. The number of fused-ring (bicyclic) bond motifs is 2. The van der Waals surface area contributed by atoms with E-state index in [1.165, 1.54) is 40.5 Å². The van der Waals surface area contributed by atoms with E-state index in [0.29, 0.717) is 0 Å². The molecule has 5 aromatic heterocycles. The SMILES string of the molecule is COC[C@H]1[C@@H](O)[C@H]([n+]2cn(C)c3c(=O)[nH]c(N)nc32)O[C@@H]1COP(=O)(O)OP(O)(=S)OP(=O)(O)OCC1O[C@@H](n2cnc3c(N)ncnc32)[C@H](OC)[C@@H]1OP(=O)(O)OC[C@H]1O[C@@H](n2ccc(=O)[nH]c2=O)[C@H](O)[C@@H]1O. The number of methoxy groups -OCH3 is 2. The number of hydrogen-bond acceptors (Lipinski definition) is 27. The second kappa shape index (κ2) is 21.7. The Kier molecular flexibility index (Phi) is 16.4. The number of aliphatic hydroxyl groups is 3. The molecule has 41 heteroatoms. The minimum atomic E-state index is -5.74. The number of phosphoric acid groups is 3. The molecule has 0 saturated carbocycles. The van der Waals surface area contributed by atoms with Crippen LogP contribution in [0.25, 0.3) is 22.3 Å². The number of H-pyrrole nitrogens is 2. The summed E-state index contributed by atoms with van der Waals surface area (Å²) in [4.78, 5) is 100. The number of nitrogens with zero attached hydrogens (tertiary/aromatic N) is 8. The van der Waals surface area contributed by atoms with E-state index < -0.39 is 140 Å². The Morgan fingerprint density at radius 3 is 2.11 bits per heavy atom. The average Bonchev–Trinajstić information content (AvgIpc) is 4.10. The van der Waals surface area contributed by atoms with Crippen LogP contribution in [0.3, 0.4) is 0 Å². The highest BCUT2D eigenvalue weighted by Crippen LogP contribution is 2.68. The zero-order valence-corrected chi connectivity index (χ0v) is 42.5. The number of phosphoric ester groups is 3. The van der Waals surface area contributed by atoms with Crippen molar-refractivity contribution in [3.05, 3.63) is 62.4 Å². The molecule has 3 aliphatic rings. The highest BCUT2D eigenvalue weighted by atomic mass is 32.5. The Morgan fingerprint density at radius 2 is 1.45 bits per heavy atom. The number of nitrogens with two attached hydrogens (primary N) is 2. The molecule has 5 aromatic rings. The van der Waals surface area contributed by atoms with Gasteiger partial charge in [-0.25, -0.2) is 46.6 Å². The van der Waals surface area contributed by atoms with Gasteiger partial charge in [0.05, 0.1) is 45.9 Å². The number of nitrogen functional groups attached to an aromatic ring is 2. The fourth-order valence-electron chi connectivity index (χ4n) is 8.27. The van der Waals surface area contributed by atoms with Gasteiger partial charge in [0.25, 0.3) is 17.1 Å². The molecule has 3 fully saturated rings. The fourth-order valence-corrected chi connectivity index (χ4v) is 14.3. The van der Waals surface area contributed by atoms with Crippen LogP contribution in [-0.4, -0.2) is 168 Å². The lowest BCUT2D eigenvalue weighted by Crippen LogP contribution is -2.45. The normalized spacial score (nSPS) is 30.6. The van der Waals surface area contributed by atoms with Crippen LogP contribution in [0.2, 0.25) is 0 Å². The molecule has 74 heavy (non-hydrogen) atoms. The number of ether oxygens (including phenoxy) is 5. The largest absolute Gasteiger partial charge is 0.479 e. The summed E-state index contributed by atoms with van der Waals surface area (Å²) in [6, 6.07) is 0.936. The van der Waals surface area contributed by atoms with E-state index in [9.17, 15) is 63.0 Å². The van der Waals surface area contributed by atoms with Gasteiger partial charge in [0.2, 0.25) is 11.7 Å². The number of hydrogen-bond donors (Lipinski definition) is 11. The number of aryl methyl sites for hydroxylation is 1. The van der Waals surface area contributed by atoms with Gasteiger partial charge in [-0.1, -0.05) is 4.98 Å². The van der Waals surface area contributed by atoms with E-state index in [1.54, 1.807) is 0 Å². The Hall–Kier alpha value is -4.20. The third-order valence-corrected chi connectivity index (χ3v) is 17.9. The average molecular weight is 1150 g/mol. The lowest BCUT2D eigenvalue weighted by molar-refractivity contribution is -0.745. The molecule has 36 nitrogen and oxygen atoms in total. The predicted molar refractivity (Wildman–Crippen MR) is 244 cm³/mol. The first-order chi connectivity index (χ1) is 34.7. The summed E-state index contributed by atoms with van der Waals surface area (Å²) in [5, 5.41) is 32.6. The molecule has 5 unspecified atom stereocenters. The number of rotatable bonds is 21. The molecule has 8 heterocycles. The maximum Gasteiger partial charge on any atom is 0.479 e. The summed E-state index contributed by atoms with van der Waals surface area (Å²) in [5.41, 5.74) is 9.46. The maximum absolute atomic E-state index is 13.6. The fraction of sp³-hybridized carbons (Fsp3) is 0.576. The summed E-state index contributed by atoms with van der Waals surface area (Å²) < 4.78 is 103. The summed E-state index contributed by atoms with van der Waals surface area (Å²) in [6.07, 6.45) is -12.8. The van der Waals surface area contributed by atoms with Crippen LogP contribution < -0.4 is 32.8 Å². The van der Waals surface area contributed by atoms with Crippen molar-refractivity contribution >= 4 is 76.1 Å². The lowest BCUT2D eigenvalue weighted by Gasteiger charge is -2.26. The zero-order valence-electron chi connectivity index (χ0n) is 38.1. The van der Waals surface area contributed by atoms with Crippen LogP contribution in [0.1, 0.15) is 18.7 Å².